The van der Waals surface area contributed by atoms with Gasteiger partial charge in [0.1, 0.15) is 0 Å². The van der Waals surface area contributed by atoms with Crippen LogP contribution in [0, 0.1) is 0 Å². The van der Waals surface area contributed by atoms with Gasteiger partial charge in [0.05, 0.1) is 6.04 Å². The lowest BCUT2D eigenvalue weighted by atomic mass is 9.98. The Hall–Kier alpha value is -0.770. The number of rotatable bonds is 2. The zero-order valence-corrected chi connectivity index (χ0v) is 9.23. The standard InChI is InChI=1S/C11H21N3O/c12-11(13-15)10-7-3-4-8-14(10)9-5-1-2-6-9/h9-10,15H,1-8H2,(H2,12,13). The molecule has 0 aromatic carbocycles. The van der Waals surface area contributed by atoms with Crippen LogP contribution >= 0.6 is 0 Å². The first-order chi connectivity index (χ1) is 7.33. The molecule has 0 aromatic heterocycles. The molecule has 0 spiro atoms. The van der Waals surface area contributed by atoms with Crippen molar-refractivity contribution in [3.8, 4) is 0 Å². The van der Waals surface area contributed by atoms with Crippen molar-refractivity contribution in [3.63, 3.8) is 0 Å². The highest BCUT2D eigenvalue weighted by atomic mass is 16.4. The Morgan fingerprint density at radius 1 is 1.13 bits per heavy atom. The highest BCUT2D eigenvalue weighted by Gasteiger charge is 2.32. The van der Waals surface area contributed by atoms with Crippen LogP contribution in [0.3, 0.4) is 0 Å². The summed E-state index contributed by atoms with van der Waals surface area (Å²) in [5.41, 5.74) is 5.76. The van der Waals surface area contributed by atoms with Crippen molar-refractivity contribution in [1.29, 1.82) is 0 Å². The minimum absolute atomic E-state index is 0.187. The summed E-state index contributed by atoms with van der Waals surface area (Å²) in [4.78, 5) is 2.46. The maximum Gasteiger partial charge on any atom is 0.156 e. The first kappa shape index (κ1) is 10.7. The van der Waals surface area contributed by atoms with E-state index < -0.39 is 0 Å². The van der Waals surface area contributed by atoms with Gasteiger partial charge in [-0.25, -0.2) is 0 Å². The maximum absolute atomic E-state index is 8.78. The molecule has 3 N–H and O–H groups in total. The van der Waals surface area contributed by atoms with Crippen molar-refractivity contribution < 1.29 is 5.21 Å². The minimum Gasteiger partial charge on any atom is -0.409 e. The summed E-state index contributed by atoms with van der Waals surface area (Å²) < 4.78 is 0. The van der Waals surface area contributed by atoms with Crippen LogP contribution in [-0.4, -0.2) is 34.6 Å². The van der Waals surface area contributed by atoms with Crippen molar-refractivity contribution in [3.05, 3.63) is 0 Å². The smallest absolute Gasteiger partial charge is 0.156 e. The molecule has 1 saturated carbocycles. The number of nitrogens with zero attached hydrogens (tertiary/aromatic N) is 2. The zero-order chi connectivity index (χ0) is 10.7. The van der Waals surface area contributed by atoms with Gasteiger partial charge >= 0.3 is 0 Å². The Morgan fingerprint density at radius 3 is 2.47 bits per heavy atom. The van der Waals surface area contributed by atoms with E-state index in [9.17, 15) is 0 Å². The van der Waals surface area contributed by atoms with Gasteiger partial charge in [0.25, 0.3) is 0 Å². The molecule has 4 nitrogen and oxygen atoms in total. The van der Waals surface area contributed by atoms with Crippen LogP contribution in [0.25, 0.3) is 0 Å². The van der Waals surface area contributed by atoms with E-state index in [1.165, 1.54) is 38.5 Å². The van der Waals surface area contributed by atoms with Gasteiger partial charge in [-0.05, 0) is 32.2 Å². The Labute approximate surface area is 91.1 Å². The first-order valence-electron chi connectivity index (χ1n) is 6.06. The van der Waals surface area contributed by atoms with E-state index in [0.29, 0.717) is 11.9 Å². The van der Waals surface area contributed by atoms with Crippen LogP contribution < -0.4 is 5.73 Å². The molecule has 2 aliphatic rings. The number of piperidine rings is 1. The lowest BCUT2D eigenvalue weighted by Gasteiger charge is -2.39. The lowest BCUT2D eigenvalue weighted by molar-refractivity contribution is 0.131. The van der Waals surface area contributed by atoms with Gasteiger partial charge in [0.15, 0.2) is 5.84 Å². The number of oxime groups is 1. The molecule has 1 aliphatic carbocycles. The lowest BCUT2D eigenvalue weighted by Crippen LogP contribution is -2.51. The average molecular weight is 211 g/mol. The van der Waals surface area contributed by atoms with Gasteiger partial charge in [-0.3, -0.25) is 4.90 Å². The summed E-state index contributed by atoms with van der Waals surface area (Å²) in [6, 6.07) is 0.863. The molecule has 4 heteroatoms. The van der Waals surface area contributed by atoms with E-state index in [-0.39, 0.29) is 6.04 Å². The van der Waals surface area contributed by atoms with Crippen LogP contribution in [0.1, 0.15) is 44.9 Å². The van der Waals surface area contributed by atoms with Crippen molar-refractivity contribution in [2.75, 3.05) is 6.54 Å². The topological polar surface area (TPSA) is 61.9 Å². The average Bonchev–Trinajstić information content (AvgIpc) is 2.81. The number of nitrogens with two attached hydrogens (primary N) is 1. The molecule has 0 bridgehead atoms. The van der Waals surface area contributed by atoms with Crippen LogP contribution in [0.15, 0.2) is 5.16 Å². The number of amidine groups is 1. The molecule has 1 unspecified atom stereocenters. The highest BCUT2D eigenvalue weighted by molar-refractivity contribution is 5.85. The van der Waals surface area contributed by atoms with Crippen molar-refractivity contribution in [2.24, 2.45) is 10.9 Å². The summed E-state index contributed by atoms with van der Waals surface area (Å²) in [5.74, 6) is 0.404. The molecule has 1 heterocycles. The predicted octanol–water partition coefficient (Wildman–Crippen LogP) is 1.53. The second-order valence-electron chi connectivity index (χ2n) is 4.71. The third-order valence-electron chi connectivity index (χ3n) is 3.79. The van der Waals surface area contributed by atoms with Crippen LogP contribution in [0.5, 0.6) is 0 Å². The molecule has 1 atom stereocenters. The number of hydrogen-bond acceptors (Lipinski definition) is 3. The zero-order valence-electron chi connectivity index (χ0n) is 9.23. The predicted molar refractivity (Wildman–Crippen MR) is 60.0 cm³/mol. The van der Waals surface area contributed by atoms with Crippen LogP contribution in [0.2, 0.25) is 0 Å². The van der Waals surface area contributed by atoms with Crippen LogP contribution in [0.4, 0.5) is 0 Å². The minimum atomic E-state index is 0.187. The van der Waals surface area contributed by atoms with E-state index >= 15 is 0 Å². The van der Waals surface area contributed by atoms with Gasteiger partial charge in [-0.2, -0.15) is 0 Å². The Morgan fingerprint density at radius 2 is 1.80 bits per heavy atom. The summed E-state index contributed by atoms with van der Waals surface area (Å²) >= 11 is 0. The molecule has 15 heavy (non-hydrogen) atoms. The third kappa shape index (κ3) is 2.25. The van der Waals surface area contributed by atoms with Gasteiger partial charge in [0, 0.05) is 6.04 Å². The molecule has 0 aromatic rings. The molecule has 0 radical (unpaired) electrons. The fourth-order valence-electron chi connectivity index (χ4n) is 3.01. The van der Waals surface area contributed by atoms with E-state index in [1.54, 1.807) is 0 Å². The molecule has 2 rings (SSSR count). The second-order valence-corrected chi connectivity index (χ2v) is 4.71. The Kier molecular flexibility index (Phi) is 3.46. The SMILES string of the molecule is NC(=NO)C1CCCCN1C1CCCC1. The number of hydrogen-bond donors (Lipinski definition) is 2. The normalized spacial score (nSPS) is 30.9. The monoisotopic (exact) mass is 211 g/mol. The van der Waals surface area contributed by atoms with Crippen molar-refractivity contribution in [2.45, 2.75) is 57.0 Å². The van der Waals surface area contributed by atoms with E-state index in [2.05, 4.69) is 10.1 Å². The van der Waals surface area contributed by atoms with Crippen molar-refractivity contribution >= 4 is 5.84 Å². The second kappa shape index (κ2) is 4.84. The number of likely N-dealkylation sites (tertiary alicyclic amines) is 1. The van der Waals surface area contributed by atoms with Gasteiger partial charge in [-0.15, -0.1) is 0 Å². The van der Waals surface area contributed by atoms with Gasteiger partial charge in [-0.1, -0.05) is 24.4 Å². The molecular weight excluding hydrogens is 190 g/mol. The fraction of sp³-hybridized carbons (Fsp3) is 0.909. The van der Waals surface area contributed by atoms with Crippen molar-refractivity contribution in [1.82, 2.24) is 4.90 Å². The fourth-order valence-corrected chi connectivity index (χ4v) is 3.01. The maximum atomic E-state index is 8.78. The third-order valence-corrected chi connectivity index (χ3v) is 3.79. The molecule has 0 amide bonds. The van der Waals surface area contributed by atoms with Gasteiger partial charge in [0.2, 0.25) is 0 Å². The molecule has 86 valence electrons. The summed E-state index contributed by atoms with van der Waals surface area (Å²) in [6.45, 7) is 1.12. The molecular formula is C11H21N3O. The van der Waals surface area contributed by atoms with Crippen LogP contribution in [-0.2, 0) is 0 Å². The van der Waals surface area contributed by atoms with E-state index in [1.807, 2.05) is 0 Å². The Balaban J connectivity index is 2.04. The van der Waals surface area contributed by atoms with Gasteiger partial charge < -0.3 is 10.9 Å². The molecule has 1 saturated heterocycles. The summed E-state index contributed by atoms with van der Waals surface area (Å²) in [7, 11) is 0. The largest absolute Gasteiger partial charge is 0.409 e. The molecule has 2 fully saturated rings. The van der Waals surface area contributed by atoms with E-state index in [0.717, 1.165) is 13.0 Å². The summed E-state index contributed by atoms with van der Waals surface area (Å²) in [6.07, 6.45) is 8.75. The first-order valence-corrected chi connectivity index (χ1v) is 6.06. The summed E-state index contributed by atoms with van der Waals surface area (Å²) in [5, 5.41) is 12.0. The molecule has 1 aliphatic heterocycles. The Bertz CT molecular complexity index is 236. The van der Waals surface area contributed by atoms with E-state index in [4.69, 9.17) is 10.9 Å². The highest BCUT2D eigenvalue weighted by Crippen LogP contribution is 2.29. The quantitative estimate of drug-likeness (QED) is 0.315.